The van der Waals surface area contributed by atoms with Gasteiger partial charge in [-0.05, 0) is 35.3 Å². The molecule has 3 N–H and O–H groups in total. The Hall–Kier alpha value is -1.12. The van der Waals surface area contributed by atoms with Crippen LogP contribution in [0.4, 0.5) is 5.82 Å². The average molecular weight is 241 g/mol. The summed E-state index contributed by atoms with van der Waals surface area (Å²) in [7, 11) is 0. The van der Waals surface area contributed by atoms with Gasteiger partial charge in [-0.15, -0.1) is 0 Å². The van der Waals surface area contributed by atoms with Gasteiger partial charge in [-0.2, -0.15) is 5.26 Å². The number of pyridine rings is 1. The molecule has 1 rings (SSSR count). The molecule has 5 heteroatoms. The molecule has 0 aliphatic rings. The molecule has 13 heavy (non-hydrogen) atoms. The lowest BCUT2D eigenvalue weighted by Gasteiger charge is -2.08. The predicted octanol–water partition coefficient (Wildman–Crippen LogP) is 1.62. The van der Waals surface area contributed by atoms with Crippen LogP contribution in [0.25, 0.3) is 0 Å². The van der Waals surface area contributed by atoms with E-state index in [1.54, 1.807) is 0 Å². The number of aromatic nitrogens is 1. The van der Waals surface area contributed by atoms with E-state index in [4.69, 9.17) is 11.1 Å². The number of nitrogens with one attached hydrogen (secondary N) is 1. The topological polar surface area (TPSA) is 74.7 Å². The quantitative estimate of drug-likeness (QED) is 0.578. The highest BCUT2D eigenvalue weighted by molar-refractivity contribution is 9.10. The van der Waals surface area contributed by atoms with Gasteiger partial charge in [0, 0.05) is 4.47 Å². The zero-order chi connectivity index (χ0) is 10.0. The van der Waals surface area contributed by atoms with E-state index in [0.717, 1.165) is 15.7 Å². The maximum absolute atomic E-state index is 8.84. The molecule has 1 aromatic heterocycles. The van der Waals surface area contributed by atoms with Crippen LogP contribution in [0.1, 0.15) is 16.8 Å². The molecule has 0 aliphatic heterocycles. The summed E-state index contributed by atoms with van der Waals surface area (Å²) < 4.78 is 0.850. The number of hydrazine groups is 1. The molecule has 0 fully saturated rings. The molecule has 0 bridgehead atoms. The molecule has 0 saturated carbocycles. The Balaban J connectivity index is 3.50. The van der Waals surface area contributed by atoms with Gasteiger partial charge in [0.15, 0.2) is 5.82 Å². The fourth-order valence-electron chi connectivity index (χ4n) is 1.07. The van der Waals surface area contributed by atoms with Crippen LogP contribution in [0.2, 0.25) is 0 Å². The van der Waals surface area contributed by atoms with Crippen LogP contribution in [0.3, 0.4) is 0 Å². The Morgan fingerprint density at radius 1 is 1.54 bits per heavy atom. The molecule has 1 heterocycles. The van der Waals surface area contributed by atoms with Gasteiger partial charge in [-0.25, -0.2) is 10.8 Å². The summed E-state index contributed by atoms with van der Waals surface area (Å²) >= 11 is 3.35. The molecule has 0 amide bonds. The molecule has 0 atom stereocenters. The summed E-state index contributed by atoms with van der Waals surface area (Å²) in [4.78, 5) is 4.12. The second-order valence-corrected chi connectivity index (χ2v) is 3.41. The lowest BCUT2D eigenvalue weighted by atomic mass is 10.1. The Morgan fingerprint density at radius 2 is 2.15 bits per heavy atom. The van der Waals surface area contributed by atoms with E-state index in [1.165, 1.54) is 0 Å². The molecular formula is C8H9BrN4. The van der Waals surface area contributed by atoms with E-state index in [9.17, 15) is 0 Å². The SMILES string of the molecule is Cc1nc(NN)c(C#N)c(C)c1Br. The third-order valence-electron chi connectivity index (χ3n) is 1.79. The van der Waals surface area contributed by atoms with Crippen molar-refractivity contribution in [1.29, 1.82) is 5.26 Å². The molecule has 0 aliphatic carbocycles. The summed E-state index contributed by atoms with van der Waals surface area (Å²) in [6.45, 7) is 3.69. The minimum Gasteiger partial charge on any atom is -0.307 e. The van der Waals surface area contributed by atoms with Crippen LogP contribution in [0.15, 0.2) is 4.47 Å². The maximum Gasteiger partial charge on any atom is 0.158 e. The maximum atomic E-state index is 8.84. The number of rotatable bonds is 1. The lowest BCUT2D eigenvalue weighted by Crippen LogP contribution is -2.12. The van der Waals surface area contributed by atoms with Gasteiger partial charge in [-0.1, -0.05) is 0 Å². The average Bonchev–Trinajstić information content (AvgIpc) is 2.13. The first-order chi connectivity index (χ1) is 6.11. The number of hydrogen-bond donors (Lipinski definition) is 2. The van der Waals surface area contributed by atoms with Gasteiger partial charge in [0.25, 0.3) is 0 Å². The number of anilines is 1. The Morgan fingerprint density at radius 3 is 2.62 bits per heavy atom. The van der Waals surface area contributed by atoms with E-state index in [2.05, 4.69) is 26.3 Å². The highest BCUT2D eigenvalue weighted by Gasteiger charge is 2.11. The molecular weight excluding hydrogens is 232 g/mol. The summed E-state index contributed by atoms with van der Waals surface area (Å²) in [5.74, 6) is 5.65. The second kappa shape index (κ2) is 3.73. The zero-order valence-electron chi connectivity index (χ0n) is 7.35. The van der Waals surface area contributed by atoms with Crippen molar-refractivity contribution in [3.8, 4) is 6.07 Å². The van der Waals surface area contributed by atoms with Gasteiger partial charge >= 0.3 is 0 Å². The molecule has 68 valence electrons. The number of nitrogen functional groups attached to an aromatic ring is 1. The molecule has 0 unspecified atom stereocenters. The lowest BCUT2D eigenvalue weighted by molar-refractivity contribution is 1.11. The first-order valence-electron chi connectivity index (χ1n) is 3.65. The van der Waals surface area contributed by atoms with Crippen LogP contribution in [0.5, 0.6) is 0 Å². The number of nitriles is 1. The fraction of sp³-hybridized carbons (Fsp3) is 0.250. The second-order valence-electron chi connectivity index (χ2n) is 2.62. The van der Waals surface area contributed by atoms with Gasteiger partial charge in [0.05, 0.1) is 11.3 Å². The van der Waals surface area contributed by atoms with Crippen LogP contribution in [0, 0.1) is 25.2 Å². The van der Waals surface area contributed by atoms with Crippen LogP contribution in [-0.4, -0.2) is 4.98 Å². The standard InChI is InChI=1S/C8H9BrN4/c1-4-6(3-10)8(13-11)12-5(2)7(4)9/h11H2,1-2H3,(H,12,13). The largest absolute Gasteiger partial charge is 0.307 e. The highest BCUT2D eigenvalue weighted by atomic mass is 79.9. The Kier molecular flexibility index (Phi) is 2.86. The molecule has 1 aromatic rings. The van der Waals surface area contributed by atoms with Crippen molar-refractivity contribution < 1.29 is 0 Å². The van der Waals surface area contributed by atoms with Gasteiger partial charge in [-0.3, -0.25) is 0 Å². The molecule has 0 spiro atoms. The zero-order valence-corrected chi connectivity index (χ0v) is 8.94. The van der Waals surface area contributed by atoms with Crippen LogP contribution in [-0.2, 0) is 0 Å². The van der Waals surface area contributed by atoms with E-state index in [-0.39, 0.29) is 0 Å². The molecule has 0 radical (unpaired) electrons. The normalized spacial score (nSPS) is 9.46. The van der Waals surface area contributed by atoms with Gasteiger partial charge < -0.3 is 5.43 Å². The van der Waals surface area contributed by atoms with Crippen molar-refractivity contribution >= 4 is 21.7 Å². The first kappa shape index (κ1) is 9.96. The summed E-state index contributed by atoms with van der Waals surface area (Å²) in [5, 5.41) is 8.84. The van der Waals surface area contributed by atoms with Gasteiger partial charge in [0.2, 0.25) is 0 Å². The van der Waals surface area contributed by atoms with E-state index < -0.39 is 0 Å². The fourth-order valence-corrected chi connectivity index (χ4v) is 1.36. The van der Waals surface area contributed by atoms with Crippen LogP contribution >= 0.6 is 15.9 Å². The molecule has 4 nitrogen and oxygen atoms in total. The van der Waals surface area contributed by atoms with Crippen molar-refractivity contribution in [3.05, 3.63) is 21.3 Å². The third kappa shape index (κ3) is 1.64. The predicted molar refractivity (Wildman–Crippen MR) is 53.9 cm³/mol. The van der Waals surface area contributed by atoms with Crippen molar-refractivity contribution in [3.63, 3.8) is 0 Å². The van der Waals surface area contributed by atoms with E-state index in [1.807, 2.05) is 19.9 Å². The number of aryl methyl sites for hydroxylation is 1. The highest BCUT2D eigenvalue weighted by Crippen LogP contribution is 2.26. The van der Waals surface area contributed by atoms with Crippen molar-refractivity contribution in [2.75, 3.05) is 5.43 Å². The number of nitrogens with two attached hydrogens (primary N) is 1. The van der Waals surface area contributed by atoms with E-state index in [0.29, 0.717) is 11.4 Å². The number of halogens is 1. The molecule has 0 saturated heterocycles. The molecule has 0 aromatic carbocycles. The summed E-state index contributed by atoms with van der Waals surface area (Å²) in [6, 6.07) is 2.05. The summed E-state index contributed by atoms with van der Waals surface area (Å²) in [5.41, 5.74) is 4.53. The van der Waals surface area contributed by atoms with Crippen molar-refractivity contribution in [1.82, 2.24) is 4.98 Å². The third-order valence-corrected chi connectivity index (χ3v) is 2.96. The van der Waals surface area contributed by atoms with Crippen molar-refractivity contribution in [2.24, 2.45) is 5.84 Å². The number of nitrogens with zero attached hydrogens (tertiary/aromatic N) is 2. The van der Waals surface area contributed by atoms with Gasteiger partial charge in [0.1, 0.15) is 6.07 Å². The minimum atomic E-state index is 0.417. The summed E-state index contributed by atoms with van der Waals surface area (Å²) in [6.07, 6.45) is 0. The van der Waals surface area contributed by atoms with Crippen LogP contribution < -0.4 is 11.3 Å². The van der Waals surface area contributed by atoms with E-state index >= 15 is 0 Å². The first-order valence-corrected chi connectivity index (χ1v) is 4.44. The number of hydrogen-bond acceptors (Lipinski definition) is 4. The Bertz CT molecular complexity index is 381. The minimum absolute atomic E-state index is 0.417. The Labute approximate surface area is 84.9 Å². The monoisotopic (exact) mass is 240 g/mol. The smallest absolute Gasteiger partial charge is 0.158 e. The van der Waals surface area contributed by atoms with Crippen molar-refractivity contribution in [2.45, 2.75) is 13.8 Å².